The first-order chi connectivity index (χ1) is 10.9. The standard InChI is InChI=1S/C16H18ClN3O3/c1-10(7-15(21)22)8-18-16(23)14-9-19-20(11(14)2)13-5-3-12(17)4-6-13/h3-6,9-10H,7-8H2,1-2H3,(H,18,23)(H,21,22). The zero-order valence-corrected chi connectivity index (χ0v) is 13.7. The molecule has 0 saturated carbocycles. The molecule has 0 aliphatic heterocycles. The van der Waals surface area contributed by atoms with E-state index in [0.29, 0.717) is 22.8 Å². The molecule has 6 nitrogen and oxygen atoms in total. The molecule has 0 fully saturated rings. The van der Waals surface area contributed by atoms with E-state index < -0.39 is 5.97 Å². The van der Waals surface area contributed by atoms with Crippen LogP contribution in [0.15, 0.2) is 30.5 Å². The summed E-state index contributed by atoms with van der Waals surface area (Å²) in [6.45, 7) is 3.88. The lowest BCUT2D eigenvalue weighted by atomic mass is 10.1. The zero-order valence-electron chi connectivity index (χ0n) is 12.9. The van der Waals surface area contributed by atoms with Crippen molar-refractivity contribution in [1.29, 1.82) is 0 Å². The average molecular weight is 336 g/mol. The molecule has 2 rings (SSSR count). The summed E-state index contributed by atoms with van der Waals surface area (Å²) in [5.74, 6) is -1.28. The largest absolute Gasteiger partial charge is 0.481 e. The van der Waals surface area contributed by atoms with Gasteiger partial charge in [-0.15, -0.1) is 0 Å². The number of nitrogens with zero attached hydrogens (tertiary/aromatic N) is 2. The molecule has 0 saturated heterocycles. The number of carbonyl (C=O) groups excluding carboxylic acids is 1. The van der Waals surface area contributed by atoms with Crippen LogP contribution in [0.4, 0.5) is 0 Å². The molecular weight excluding hydrogens is 318 g/mol. The highest BCUT2D eigenvalue weighted by Crippen LogP contribution is 2.17. The highest BCUT2D eigenvalue weighted by molar-refractivity contribution is 6.30. The van der Waals surface area contributed by atoms with Crippen LogP contribution in [0.5, 0.6) is 0 Å². The molecule has 1 atom stereocenters. The Balaban J connectivity index is 2.08. The number of amides is 1. The van der Waals surface area contributed by atoms with E-state index in [1.807, 2.05) is 12.1 Å². The van der Waals surface area contributed by atoms with Crippen molar-refractivity contribution in [2.24, 2.45) is 5.92 Å². The second-order valence-corrected chi connectivity index (χ2v) is 5.88. The summed E-state index contributed by atoms with van der Waals surface area (Å²) in [4.78, 5) is 22.8. The van der Waals surface area contributed by atoms with Crippen molar-refractivity contribution >= 4 is 23.5 Å². The second-order valence-electron chi connectivity index (χ2n) is 5.44. The average Bonchev–Trinajstić information content (AvgIpc) is 2.87. The van der Waals surface area contributed by atoms with E-state index in [-0.39, 0.29) is 18.2 Å². The van der Waals surface area contributed by atoms with Gasteiger partial charge in [-0.2, -0.15) is 5.10 Å². The summed E-state index contributed by atoms with van der Waals surface area (Å²) in [5, 5.41) is 16.3. The third-order valence-electron chi connectivity index (χ3n) is 3.46. The normalized spacial score (nSPS) is 12.0. The van der Waals surface area contributed by atoms with Gasteiger partial charge in [0.15, 0.2) is 0 Å². The summed E-state index contributed by atoms with van der Waals surface area (Å²) < 4.78 is 1.66. The number of benzene rings is 1. The maximum atomic E-state index is 12.2. The molecule has 0 spiro atoms. The minimum atomic E-state index is -0.876. The number of aromatic nitrogens is 2. The molecule has 0 bridgehead atoms. The Bertz CT molecular complexity index is 710. The fourth-order valence-corrected chi connectivity index (χ4v) is 2.33. The maximum absolute atomic E-state index is 12.2. The highest BCUT2D eigenvalue weighted by Gasteiger charge is 2.16. The van der Waals surface area contributed by atoms with Gasteiger partial charge in [0.25, 0.3) is 5.91 Å². The van der Waals surface area contributed by atoms with Crippen molar-refractivity contribution in [2.45, 2.75) is 20.3 Å². The van der Waals surface area contributed by atoms with Crippen LogP contribution in [0.1, 0.15) is 29.4 Å². The molecule has 1 aromatic heterocycles. The van der Waals surface area contributed by atoms with Crippen LogP contribution in [0, 0.1) is 12.8 Å². The van der Waals surface area contributed by atoms with Crippen LogP contribution in [-0.4, -0.2) is 33.3 Å². The van der Waals surface area contributed by atoms with Gasteiger partial charge in [0.1, 0.15) is 0 Å². The van der Waals surface area contributed by atoms with E-state index in [2.05, 4.69) is 10.4 Å². The fourth-order valence-electron chi connectivity index (χ4n) is 2.21. The molecule has 23 heavy (non-hydrogen) atoms. The van der Waals surface area contributed by atoms with Crippen molar-refractivity contribution in [3.05, 3.63) is 46.7 Å². The molecule has 122 valence electrons. The number of rotatable bonds is 6. The van der Waals surface area contributed by atoms with Crippen molar-refractivity contribution in [3.63, 3.8) is 0 Å². The van der Waals surface area contributed by atoms with Crippen LogP contribution in [0.25, 0.3) is 5.69 Å². The summed E-state index contributed by atoms with van der Waals surface area (Å²) in [6, 6.07) is 7.15. The van der Waals surface area contributed by atoms with E-state index in [0.717, 1.165) is 5.69 Å². The zero-order chi connectivity index (χ0) is 17.0. The number of carboxylic acid groups (broad SMARTS) is 1. The number of halogens is 1. The van der Waals surface area contributed by atoms with Crippen LogP contribution in [-0.2, 0) is 4.79 Å². The van der Waals surface area contributed by atoms with Gasteiger partial charge in [-0.3, -0.25) is 9.59 Å². The van der Waals surface area contributed by atoms with Gasteiger partial charge in [0.05, 0.1) is 23.1 Å². The number of aliphatic carboxylic acids is 1. The summed E-state index contributed by atoms with van der Waals surface area (Å²) in [5.41, 5.74) is 1.98. The maximum Gasteiger partial charge on any atom is 0.303 e. The lowest BCUT2D eigenvalue weighted by Crippen LogP contribution is -2.29. The molecule has 0 aliphatic carbocycles. The van der Waals surface area contributed by atoms with E-state index in [1.54, 1.807) is 30.7 Å². The van der Waals surface area contributed by atoms with Crippen molar-refractivity contribution < 1.29 is 14.7 Å². The lowest BCUT2D eigenvalue weighted by Gasteiger charge is -2.10. The van der Waals surface area contributed by atoms with E-state index in [9.17, 15) is 9.59 Å². The number of nitrogens with one attached hydrogen (secondary N) is 1. The Hall–Kier alpha value is -2.34. The summed E-state index contributed by atoms with van der Waals surface area (Å²) in [7, 11) is 0. The highest BCUT2D eigenvalue weighted by atomic mass is 35.5. The molecule has 2 aromatic rings. The Labute approximate surface area is 139 Å². The smallest absolute Gasteiger partial charge is 0.303 e. The predicted octanol–water partition coefficient (Wildman–Crippen LogP) is 2.67. The van der Waals surface area contributed by atoms with Crippen molar-refractivity contribution in [1.82, 2.24) is 15.1 Å². The van der Waals surface area contributed by atoms with E-state index >= 15 is 0 Å². The van der Waals surface area contributed by atoms with Crippen molar-refractivity contribution in [2.75, 3.05) is 6.54 Å². The van der Waals surface area contributed by atoms with Crippen LogP contribution in [0.2, 0.25) is 5.02 Å². The molecule has 0 aliphatic rings. The lowest BCUT2D eigenvalue weighted by molar-refractivity contribution is -0.137. The third-order valence-corrected chi connectivity index (χ3v) is 3.71. The van der Waals surface area contributed by atoms with E-state index in [1.165, 1.54) is 6.20 Å². The molecule has 2 N–H and O–H groups in total. The quantitative estimate of drug-likeness (QED) is 0.850. The molecule has 1 unspecified atom stereocenters. The minimum Gasteiger partial charge on any atom is -0.481 e. The topological polar surface area (TPSA) is 84.2 Å². The molecule has 0 radical (unpaired) electrons. The summed E-state index contributed by atoms with van der Waals surface area (Å²) in [6.07, 6.45) is 1.52. The number of hydrogen-bond acceptors (Lipinski definition) is 3. The molecule has 1 aromatic carbocycles. The fraction of sp³-hybridized carbons (Fsp3) is 0.312. The van der Waals surface area contributed by atoms with Crippen LogP contribution >= 0.6 is 11.6 Å². The van der Waals surface area contributed by atoms with Crippen molar-refractivity contribution in [3.8, 4) is 5.69 Å². The second kappa shape index (κ2) is 7.28. The van der Waals surface area contributed by atoms with Gasteiger partial charge in [0, 0.05) is 18.0 Å². The van der Waals surface area contributed by atoms with Gasteiger partial charge in [0.2, 0.25) is 0 Å². The molecular formula is C16H18ClN3O3. The Morgan fingerprint density at radius 1 is 1.35 bits per heavy atom. The van der Waals surface area contributed by atoms with Crippen LogP contribution in [0.3, 0.4) is 0 Å². The SMILES string of the molecule is Cc1c(C(=O)NCC(C)CC(=O)O)cnn1-c1ccc(Cl)cc1. The molecule has 7 heteroatoms. The molecule has 1 heterocycles. The minimum absolute atomic E-state index is 0.0172. The Morgan fingerprint density at radius 2 is 2.00 bits per heavy atom. The van der Waals surface area contributed by atoms with Gasteiger partial charge in [-0.1, -0.05) is 18.5 Å². The number of carboxylic acids is 1. The summed E-state index contributed by atoms with van der Waals surface area (Å²) >= 11 is 5.87. The predicted molar refractivity (Wildman–Crippen MR) is 87.1 cm³/mol. The van der Waals surface area contributed by atoms with Gasteiger partial charge < -0.3 is 10.4 Å². The Morgan fingerprint density at radius 3 is 2.61 bits per heavy atom. The first-order valence-electron chi connectivity index (χ1n) is 7.19. The molecule has 1 amide bonds. The van der Waals surface area contributed by atoms with Gasteiger partial charge in [-0.05, 0) is 37.1 Å². The van der Waals surface area contributed by atoms with Crippen LogP contribution < -0.4 is 5.32 Å². The third kappa shape index (κ3) is 4.32. The van der Waals surface area contributed by atoms with Gasteiger partial charge in [-0.25, -0.2) is 4.68 Å². The van der Waals surface area contributed by atoms with E-state index in [4.69, 9.17) is 16.7 Å². The van der Waals surface area contributed by atoms with Gasteiger partial charge >= 0.3 is 5.97 Å². The number of hydrogen-bond donors (Lipinski definition) is 2. The number of carbonyl (C=O) groups is 2. The first-order valence-corrected chi connectivity index (χ1v) is 7.57. The monoisotopic (exact) mass is 335 g/mol. The first kappa shape index (κ1) is 17.0. The Kier molecular flexibility index (Phi) is 5.39.